The number of carboxylic acid groups (broad SMARTS) is 1. The number of aliphatic carboxylic acids is 1. The summed E-state index contributed by atoms with van der Waals surface area (Å²) in [6.45, 7) is -0.385. The molecule has 0 bridgehead atoms. The van der Waals surface area contributed by atoms with Gasteiger partial charge in [-0.25, -0.2) is 4.68 Å². The molecule has 0 spiro atoms. The molecule has 2 rings (SSSR count). The Bertz CT molecular complexity index is 692. The largest absolute Gasteiger partial charge is 0.480 e. The standard InChI is InChI=1S/C10H8FN5O4S/c11-7-3-6(1-2-8(7)16(19)20)5-21-10-12-13-14-15(10)4-9(17)18/h1-3H,4-5H2,(H,17,18). The van der Waals surface area contributed by atoms with Gasteiger partial charge in [0.1, 0.15) is 6.54 Å². The van der Waals surface area contributed by atoms with E-state index in [9.17, 15) is 19.3 Å². The van der Waals surface area contributed by atoms with Crippen molar-refractivity contribution in [1.29, 1.82) is 0 Å². The number of aromatic nitrogens is 4. The molecule has 0 aliphatic carbocycles. The summed E-state index contributed by atoms with van der Waals surface area (Å²) >= 11 is 1.10. The van der Waals surface area contributed by atoms with Crippen LogP contribution in [0.5, 0.6) is 0 Å². The first-order valence-electron chi connectivity index (χ1n) is 5.51. The van der Waals surface area contributed by atoms with Crippen molar-refractivity contribution in [2.24, 2.45) is 0 Å². The number of rotatable bonds is 6. The van der Waals surface area contributed by atoms with E-state index in [1.807, 2.05) is 0 Å². The lowest BCUT2D eigenvalue weighted by molar-refractivity contribution is -0.387. The van der Waals surface area contributed by atoms with Gasteiger partial charge in [0.15, 0.2) is 0 Å². The molecule has 2 aromatic rings. The molecule has 0 fully saturated rings. The molecule has 0 aliphatic heterocycles. The van der Waals surface area contributed by atoms with Crippen LogP contribution in [0.3, 0.4) is 0 Å². The van der Waals surface area contributed by atoms with E-state index in [0.29, 0.717) is 5.56 Å². The summed E-state index contributed by atoms with van der Waals surface area (Å²) in [4.78, 5) is 20.3. The first-order chi connectivity index (χ1) is 9.97. The highest BCUT2D eigenvalue weighted by atomic mass is 32.2. The minimum atomic E-state index is -1.09. The molecular weight excluding hydrogens is 305 g/mol. The number of hydrogen-bond acceptors (Lipinski definition) is 7. The maximum Gasteiger partial charge on any atom is 0.325 e. The van der Waals surface area contributed by atoms with Gasteiger partial charge in [-0.05, 0) is 22.1 Å². The predicted molar refractivity (Wildman–Crippen MR) is 68.1 cm³/mol. The Hall–Kier alpha value is -2.56. The average Bonchev–Trinajstić information content (AvgIpc) is 2.82. The van der Waals surface area contributed by atoms with Crippen molar-refractivity contribution >= 4 is 23.4 Å². The molecule has 1 heterocycles. The highest BCUT2D eigenvalue weighted by molar-refractivity contribution is 7.98. The summed E-state index contributed by atoms with van der Waals surface area (Å²) in [5.74, 6) is -1.77. The van der Waals surface area contributed by atoms with Crippen LogP contribution in [0.4, 0.5) is 10.1 Å². The van der Waals surface area contributed by atoms with Gasteiger partial charge in [-0.1, -0.05) is 17.8 Å². The van der Waals surface area contributed by atoms with Gasteiger partial charge < -0.3 is 5.11 Å². The zero-order valence-electron chi connectivity index (χ0n) is 10.3. The summed E-state index contributed by atoms with van der Waals surface area (Å²) in [6.07, 6.45) is 0. The van der Waals surface area contributed by atoms with Crippen LogP contribution in [-0.4, -0.2) is 36.2 Å². The number of halogens is 1. The predicted octanol–water partition coefficient (Wildman–Crippen LogP) is 1.10. The third kappa shape index (κ3) is 3.72. The molecule has 0 saturated heterocycles. The van der Waals surface area contributed by atoms with E-state index in [0.717, 1.165) is 28.6 Å². The Morgan fingerprint density at radius 2 is 2.29 bits per heavy atom. The van der Waals surface area contributed by atoms with Crippen LogP contribution >= 0.6 is 11.8 Å². The molecule has 110 valence electrons. The normalized spacial score (nSPS) is 10.5. The Morgan fingerprint density at radius 3 is 2.90 bits per heavy atom. The number of carbonyl (C=O) groups is 1. The van der Waals surface area contributed by atoms with E-state index in [2.05, 4.69) is 15.5 Å². The van der Waals surface area contributed by atoms with Gasteiger partial charge in [-0.2, -0.15) is 4.39 Å². The van der Waals surface area contributed by atoms with Gasteiger partial charge in [0, 0.05) is 11.8 Å². The molecule has 21 heavy (non-hydrogen) atoms. The zero-order valence-corrected chi connectivity index (χ0v) is 11.2. The van der Waals surface area contributed by atoms with E-state index in [4.69, 9.17) is 5.11 Å². The molecule has 0 atom stereocenters. The molecule has 0 radical (unpaired) electrons. The van der Waals surface area contributed by atoms with Crippen LogP contribution in [0.2, 0.25) is 0 Å². The Morgan fingerprint density at radius 1 is 1.52 bits per heavy atom. The second-order valence-electron chi connectivity index (χ2n) is 3.84. The molecule has 1 aromatic heterocycles. The van der Waals surface area contributed by atoms with Crippen LogP contribution in [-0.2, 0) is 17.1 Å². The highest BCUT2D eigenvalue weighted by Gasteiger charge is 2.15. The first-order valence-corrected chi connectivity index (χ1v) is 6.49. The van der Waals surface area contributed by atoms with Gasteiger partial charge in [-0.3, -0.25) is 14.9 Å². The fraction of sp³-hybridized carbons (Fsp3) is 0.200. The van der Waals surface area contributed by atoms with Gasteiger partial charge in [-0.15, -0.1) is 5.10 Å². The lowest BCUT2D eigenvalue weighted by Crippen LogP contribution is -2.11. The van der Waals surface area contributed by atoms with Crippen LogP contribution in [0.15, 0.2) is 23.4 Å². The third-order valence-corrected chi connectivity index (χ3v) is 3.39. The van der Waals surface area contributed by atoms with Crippen LogP contribution < -0.4 is 0 Å². The minimum Gasteiger partial charge on any atom is -0.480 e. The molecule has 1 aromatic carbocycles. The number of benzene rings is 1. The van der Waals surface area contributed by atoms with E-state index in [1.54, 1.807) is 0 Å². The molecule has 0 amide bonds. The molecular formula is C10H8FN5O4S. The quantitative estimate of drug-likeness (QED) is 0.477. The Kier molecular flexibility index (Phi) is 4.42. The lowest BCUT2D eigenvalue weighted by Gasteiger charge is -2.02. The summed E-state index contributed by atoms with van der Waals surface area (Å²) in [6, 6.07) is 3.54. The number of hydrogen-bond donors (Lipinski definition) is 1. The van der Waals surface area contributed by atoms with E-state index < -0.39 is 22.4 Å². The summed E-state index contributed by atoms with van der Waals surface area (Å²) in [5.41, 5.74) is -0.104. The fourth-order valence-corrected chi connectivity index (χ4v) is 2.28. The average molecular weight is 313 g/mol. The second-order valence-corrected chi connectivity index (χ2v) is 4.79. The Balaban J connectivity index is 2.07. The third-order valence-electron chi connectivity index (χ3n) is 2.36. The molecule has 0 unspecified atom stereocenters. The first kappa shape index (κ1) is 14.8. The SMILES string of the molecule is O=C(O)Cn1nnnc1SCc1ccc([N+](=O)[O-])c(F)c1. The smallest absolute Gasteiger partial charge is 0.325 e. The lowest BCUT2D eigenvalue weighted by atomic mass is 10.2. The number of nitro benzene ring substituents is 1. The van der Waals surface area contributed by atoms with Gasteiger partial charge in [0.05, 0.1) is 4.92 Å². The molecule has 1 N–H and O–H groups in total. The number of thioether (sulfide) groups is 1. The van der Waals surface area contributed by atoms with Crippen molar-refractivity contribution in [1.82, 2.24) is 20.2 Å². The van der Waals surface area contributed by atoms with Crippen molar-refractivity contribution in [3.05, 3.63) is 39.7 Å². The highest BCUT2D eigenvalue weighted by Crippen LogP contribution is 2.23. The van der Waals surface area contributed by atoms with Crippen molar-refractivity contribution < 1.29 is 19.2 Å². The van der Waals surface area contributed by atoms with Crippen molar-refractivity contribution in [3.63, 3.8) is 0 Å². The van der Waals surface area contributed by atoms with E-state index in [1.165, 1.54) is 6.07 Å². The second kappa shape index (κ2) is 6.26. The molecule has 9 nitrogen and oxygen atoms in total. The number of tetrazole rings is 1. The summed E-state index contributed by atoms with van der Waals surface area (Å²) in [5, 5.41) is 30.0. The molecule has 0 aliphatic rings. The maximum atomic E-state index is 13.4. The topological polar surface area (TPSA) is 124 Å². The zero-order chi connectivity index (χ0) is 15.4. The fourth-order valence-electron chi connectivity index (χ4n) is 1.46. The molecule has 0 saturated carbocycles. The number of nitro groups is 1. The van der Waals surface area contributed by atoms with Crippen LogP contribution in [0.25, 0.3) is 0 Å². The summed E-state index contributed by atoms with van der Waals surface area (Å²) < 4.78 is 14.5. The van der Waals surface area contributed by atoms with Gasteiger partial charge in [0.2, 0.25) is 11.0 Å². The van der Waals surface area contributed by atoms with E-state index >= 15 is 0 Å². The van der Waals surface area contributed by atoms with Crippen molar-refractivity contribution in [2.45, 2.75) is 17.5 Å². The number of nitrogens with zero attached hydrogens (tertiary/aromatic N) is 5. The monoisotopic (exact) mass is 313 g/mol. The van der Waals surface area contributed by atoms with Gasteiger partial charge >= 0.3 is 11.7 Å². The Labute approximate surface area is 120 Å². The summed E-state index contributed by atoms with van der Waals surface area (Å²) in [7, 11) is 0. The maximum absolute atomic E-state index is 13.4. The van der Waals surface area contributed by atoms with Gasteiger partial charge in [0.25, 0.3) is 0 Å². The van der Waals surface area contributed by atoms with Crippen LogP contribution in [0.1, 0.15) is 5.56 Å². The minimum absolute atomic E-state index is 0.245. The van der Waals surface area contributed by atoms with Crippen molar-refractivity contribution in [2.75, 3.05) is 0 Å². The van der Waals surface area contributed by atoms with Crippen molar-refractivity contribution in [3.8, 4) is 0 Å². The van der Waals surface area contributed by atoms with Crippen LogP contribution in [0, 0.1) is 15.9 Å². The number of carboxylic acids is 1. The van der Waals surface area contributed by atoms with E-state index in [-0.39, 0.29) is 17.5 Å². The molecule has 11 heteroatoms.